The van der Waals surface area contributed by atoms with Crippen LogP contribution in [0.3, 0.4) is 0 Å². The van der Waals surface area contributed by atoms with Gasteiger partial charge in [-0.05, 0) is 48.0 Å². The number of anilines is 1. The summed E-state index contributed by atoms with van der Waals surface area (Å²) in [6.07, 6.45) is 1.33. The molecule has 1 unspecified atom stereocenters. The van der Waals surface area contributed by atoms with E-state index in [1.807, 2.05) is 0 Å². The van der Waals surface area contributed by atoms with Gasteiger partial charge in [-0.15, -0.1) is 0 Å². The zero-order chi connectivity index (χ0) is 22.6. The lowest BCUT2D eigenvalue weighted by molar-refractivity contribution is -0.114. The predicted molar refractivity (Wildman–Crippen MR) is 116 cm³/mol. The van der Waals surface area contributed by atoms with Crippen LogP contribution in [0.25, 0.3) is 33.4 Å². The molecule has 3 N–H and O–H groups in total. The van der Waals surface area contributed by atoms with Gasteiger partial charge < -0.3 is 19.7 Å². The number of nitrogens with zero attached hydrogens (tertiary/aromatic N) is 1. The summed E-state index contributed by atoms with van der Waals surface area (Å²) in [5, 5.41) is 30.4. The van der Waals surface area contributed by atoms with Crippen LogP contribution < -0.4 is 10.3 Å². The van der Waals surface area contributed by atoms with E-state index in [0.29, 0.717) is 22.1 Å². The molecule has 8 heteroatoms. The first-order valence-electron chi connectivity index (χ1n) is 9.60. The number of phenolic OH excluding ortho intramolecular Hbond substituents is 1. The molecule has 0 bridgehead atoms. The van der Waals surface area contributed by atoms with E-state index < -0.39 is 18.1 Å². The van der Waals surface area contributed by atoms with Gasteiger partial charge in [0, 0.05) is 40.4 Å². The second-order valence-electron chi connectivity index (χ2n) is 7.33. The largest absolute Gasteiger partial charge is 0.508 e. The molecular formula is C24H15NO7. The molecule has 32 heavy (non-hydrogen) atoms. The van der Waals surface area contributed by atoms with Crippen molar-refractivity contribution >= 4 is 28.5 Å². The van der Waals surface area contributed by atoms with Crippen LogP contribution in [0.4, 0.5) is 5.69 Å². The zero-order valence-corrected chi connectivity index (χ0v) is 16.4. The summed E-state index contributed by atoms with van der Waals surface area (Å²) in [5.74, 6) is -1.51. The second-order valence-corrected chi connectivity index (χ2v) is 7.33. The predicted octanol–water partition coefficient (Wildman–Crippen LogP) is 3.19. The van der Waals surface area contributed by atoms with Crippen LogP contribution in [0.1, 0.15) is 10.4 Å². The highest BCUT2D eigenvalue weighted by Gasteiger charge is 2.28. The summed E-state index contributed by atoms with van der Waals surface area (Å²) in [4.78, 5) is 37.3. The number of carboxylic acids is 1. The number of aromatic carboxylic acids is 1. The van der Waals surface area contributed by atoms with Gasteiger partial charge >= 0.3 is 5.97 Å². The van der Waals surface area contributed by atoms with Gasteiger partial charge in [0.25, 0.3) is 5.91 Å². The Morgan fingerprint density at radius 1 is 0.969 bits per heavy atom. The van der Waals surface area contributed by atoms with E-state index >= 15 is 0 Å². The average Bonchev–Trinajstić information content (AvgIpc) is 3.09. The maximum absolute atomic E-state index is 12.2. The molecule has 8 nitrogen and oxygen atoms in total. The van der Waals surface area contributed by atoms with E-state index in [2.05, 4.69) is 0 Å². The quantitative estimate of drug-likeness (QED) is 0.427. The molecular weight excluding hydrogens is 414 g/mol. The van der Waals surface area contributed by atoms with Crippen molar-refractivity contribution in [2.45, 2.75) is 6.23 Å². The van der Waals surface area contributed by atoms with Crippen molar-refractivity contribution in [1.29, 1.82) is 0 Å². The lowest BCUT2D eigenvalue weighted by Crippen LogP contribution is -2.33. The maximum atomic E-state index is 12.2. The Kier molecular flexibility index (Phi) is 4.31. The van der Waals surface area contributed by atoms with Gasteiger partial charge in [0.05, 0.1) is 5.56 Å². The summed E-state index contributed by atoms with van der Waals surface area (Å²) in [5.41, 5.74) is 1.44. The van der Waals surface area contributed by atoms with Crippen molar-refractivity contribution in [2.24, 2.45) is 0 Å². The van der Waals surface area contributed by atoms with E-state index in [-0.39, 0.29) is 33.8 Å². The normalized spacial score (nSPS) is 15.7. The van der Waals surface area contributed by atoms with Gasteiger partial charge in [-0.2, -0.15) is 0 Å². The number of fused-ring (bicyclic) bond motifs is 2. The number of aliphatic hydroxyl groups excluding tert-OH is 1. The molecule has 5 rings (SSSR count). The fourth-order valence-corrected chi connectivity index (χ4v) is 3.97. The molecule has 1 aliphatic carbocycles. The van der Waals surface area contributed by atoms with E-state index in [9.17, 15) is 29.7 Å². The van der Waals surface area contributed by atoms with Crippen LogP contribution in [-0.2, 0) is 4.79 Å². The SMILES string of the molecule is O=C(O)c1cc(N2C(=O)C=CC2O)ccc1-c1c2ccc(=O)cc-2oc2cc(O)ccc12. The summed E-state index contributed by atoms with van der Waals surface area (Å²) in [7, 11) is 0. The number of aliphatic hydroxyl groups is 1. The van der Waals surface area contributed by atoms with Gasteiger partial charge in [0.15, 0.2) is 11.7 Å². The minimum absolute atomic E-state index is 0.0485. The number of aromatic hydroxyl groups is 1. The standard InChI is InChI=1S/C24H15NO7/c26-13-2-5-16-19(10-13)32-20-11-14(27)3-6-17(20)23(16)15-4-1-12(9-18(15)24(30)31)25-21(28)7-8-22(25)29/h1-11,21,26,28H,(H,30,31). The third kappa shape index (κ3) is 3.01. The van der Waals surface area contributed by atoms with Gasteiger partial charge in [0.1, 0.15) is 17.1 Å². The zero-order valence-electron chi connectivity index (χ0n) is 16.4. The van der Waals surface area contributed by atoms with E-state index in [1.165, 1.54) is 42.5 Å². The van der Waals surface area contributed by atoms with Crippen molar-refractivity contribution in [3.05, 3.63) is 82.5 Å². The third-order valence-corrected chi connectivity index (χ3v) is 5.37. The molecule has 3 aliphatic rings. The van der Waals surface area contributed by atoms with Crippen LogP contribution in [0.15, 0.2) is 76.0 Å². The summed E-state index contributed by atoms with van der Waals surface area (Å²) < 4.78 is 5.80. The number of phenols is 1. The maximum Gasteiger partial charge on any atom is 0.336 e. The Labute approximate surface area is 180 Å². The van der Waals surface area contributed by atoms with Gasteiger partial charge in [-0.25, -0.2) is 4.79 Å². The molecule has 2 aliphatic heterocycles. The molecule has 0 saturated carbocycles. The Morgan fingerprint density at radius 2 is 1.75 bits per heavy atom. The third-order valence-electron chi connectivity index (χ3n) is 5.37. The van der Waals surface area contributed by atoms with Crippen LogP contribution in [-0.4, -0.2) is 33.4 Å². The molecule has 0 spiro atoms. The minimum atomic E-state index is -1.24. The molecule has 0 saturated heterocycles. The lowest BCUT2D eigenvalue weighted by Gasteiger charge is -2.22. The number of hydrogen-bond donors (Lipinski definition) is 3. The number of carboxylic acid groups (broad SMARTS) is 1. The van der Waals surface area contributed by atoms with Crippen LogP contribution in [0, 0.1) is 0 Å². The van der Waals surface area contributed by atoms with Gasteiger partial charge in [-0.1, -0.05) is 6.07 Å². The number of benzene rings is 3. The highest BCUT2D eigenvalue weighted by molar-refractivity contribution is 6.10. The minimum Gasteiger partial charge on any atom is -0.508 e. The number of rotatable bonds is 3. The Balaban J connectivity index is 1.82. The Morgan fingerprint density at radius 3 is 2.47 bits per heavy atom. The van der Waals surface area contributed by atoms with Crippen molar-refractivity contribution < 1.29 is 29.3 Å². The molecule has 1 amide bonds. The number of hydrogen-bond acceptors (Lipinski definition) is 6. The molecule has 0 radical (unpaired) electrons. The van der Waals surface area contributed by atoms with Crippen LogP contribution in [0.2, 0.25) is 0 Å². The van der Waals surface area contributed by atoms with Crippen LogP contribution >= 0.6 is 0 Å². The van der Waals surface area contributed by atoms with Crippen molar-refractivity contribution in [3.63, 3.8) is 0 Å². The Hall–Kier alpha value is -4.43. The lowest BCUT2D eigenvalue weighted by atomic mass is 9.90. The summed E-state index contributed by atoms with van der Waals surface area (Å²) in [6, 6.07) is 13.0. The highest BCUT2D eigenvalue weighted by atomic mass is 16.4. The number of amides is 1. The van der Waals surface area contributed by atoms with Crippen molar-refractivity contribution in [2.75, 3.05) is 4.90 Å². The molecule has 2 aromatic rings. The van der Waals surface area contributed by atoms with Gasteiger partial charge in [0.2, 0.25) is 0 Å². The second kappa shape index (κ2) is 7.07. The fraction of sp³-hybridized carbons (Fsp3) is 0.0417. The Bertz CT molecular complexity index is 1480. The van der Waals surface area contributed by atoms with Crippen molar-refractivity contribution in [1.82, 2.24) is 0 Å². The molecule has 0 aromatic heterocycles. The van der Waals surface area contributed by atoms with E-state index in [0.717, 1.165) is 4.90 Å². The molecule has 2 aromatic carbocycles. The van der Waals surface area contributed by atoms with Crippen molar-refractivity contribution in [3.8, 4) is 28.2 Å². The molecule has 1 atom stereocenters. The average molecular weight is 429 g/mol. The first-order valence-corrected chi connectivity index (χ1v) is 9.60. The fourth-order valence-electron chi connectivity index (χ4n) is 3.97. The smallest absolute Gasteiger partial charge is 0.336 e. The first-order chi connectivity index (χ1) is 15.3. The monoisotopic (exact) mass is 429 g/mol. The summed E-state index contributed by atoms with van der Waals surface area (Å²) in [6.45, 7) is 0. The van der Waals surface area contributed by atoms with E-state index in [1.54, 1.807) is 24.3 Å². The molecule has 0 fully saturated rings. The number of carbonyl (C=O) groups is 2. The summed E-state index contributed by atoms with van der Waals surface area (Å²) >= 11 is 0. The highest BCUT2D eigenvalue weighted by Crippen LogP contribution is 2.42. The van der Waals surface area contributed by atoms with E-state index in [4.69, 9.17) is 4.42 Å². The molecule has 158 valence electrons. The molecule has 2 heterocycles. The number of carbonyl (C=O) groups excluding carboxylic acids is 1. The first kappa shape index (κ1) is 19.5. The van der Waals surface area contributed by atoms with Gasteiger partial charge in [-0.3, -0.25) is 14.5 Å². The topological polar surface area (TPSA) is 128 Å². The van der Waals surface area contributed by atoms with Crippen LogP contribution in [0.5, 0.6) is 5.75 Å².